The lowest BCUT2D eigenvalue weighted by Crippen LogP contribution is -2.28. The smallest absolute Gasteiger partial charge is 0.228 e. The highest BCUT2D eigenvalue weighted by Crippen LogP contribution is 2.27. The fourth-order valence-electron chi connectivity index (χ4n) is 1.61. The van der Waals surface area contributed by atoms with Crippen molar-refractivity contribution < 1.29 is 4.79 Å². The first-order valence-electron chi connectivity index (χ1n) is 5.88. The zero-order valence-corrected chi connectivity index (χ0v) is 12.0. The molecule has 0 aromatic heterocycles. The van der Waals surface area contributed by atoms with Crippen LogP contribution in [0.5, 0.6) is 0 Å². The van der Waals surface area contributed by atoms with Crippen LogP contribution < -0.4 is 15.5 Å². The minimum atomic E-state index is -0.0812. The van der Waals surface area contributed by atoms with Gasteiger partial charge in [-0.25, -0.2) is 0 Å². The average molecular weight is 270 g/mol. The zero-order valence-electron chi connectivity index (χ0n) is 11.2. The number of rotatable bonds is 5. The van der Waals surface area contributed by atoms with Crippen LogP contribution in [0.4, 0.5) is 11.4 Å². The van der Waals surface area contributed by atoms with E-state index in [1.807, 2.05) is 45.1 Å². The van der Waals surface area contributed by atoms with Crippen LogP contribution in [0.2, 0.25) is 5.02 Å². The van der Waals surface area contributed by atoms with Crippen molar-refractivity contribution in [3.63, 3.8) is 0 Å². The SMILES string of the molecule is CNCC(C)C(=O)Nc1ccc(N(C)C)c(Cl)c1. The maximum absolute atomic E-state index is 11.8. The maximum atomic E-state index is 11.8. The lowest BCUT2D eigenvalue weighted by Gasteiger charge is -2.16. The first-order chi connectivity index (χ1) is 8.45. The van der Waals surface area contributed by atoms with Gasteiger partial charge >= 0.3 is 0 Å². The Morgan fingerprint density at radius 1 is 1.44 bits per heavy atom. The Labute approximate surface area is 113 Å². The van der Waals surface area contributed by atoms with E-state index in [0.29, 0.717) is 11.6 Å². The third-order valence-corrected chi connectivity index (χ3v) is 2.96. The Hall–Kier alpha value is -1.26. The van der Waals surface area contributed by atoms with E-state index in [-0.39, 0.29) is 11.8 Å². The average Bonchev–Trinajstić information content (AvgIpc) is 2.28. The summed E-state index contributed by atoms with van der Waals surface area (Å²) in [4.78, 5) is 13.8. The Balaban J connectivity index is 2.74. The number of carbonyl (C=O) groups excluding carboxylic acids is 1. The quantitative estimate of drug-likeness (QED) is 0.861. The molecule has 4 nitrogen and oxygen atoms in total. The third-order valence-electron chi connectivity index (χ3n) is 2.65. The molecule has 0 fully saturated rings. The number of benzene rings is 1. The number of nitrogens with one attached hydrogen (secondary N) is 2. The van der Waals surface area contributed by atoms with Crippen LogP contribution in [-0.2, 0) is 4.79 Å². The molecule has 1 rings (SSSR count). The van der Waals surface area contributed by atoms with E-state index in [1.165, 1.54) is 0 Å². The second-order valence-corrected chi connectivity index (χ2v) is 4.92. The first-order valence-corrected chi connectivity index (χ1v) is 6.25. The molecular formula is C13H20ClN3O. The summed E-state index contributed by atoms with van der Waals surface area (Å²) < 4.78 is 0. The molecule has 0 aliphatic rings. The van der Waals surface area contributed by atoms with Crippen LogP contribution in [0.3, 0.4) is 0 Å². The van der Waals surface area contributed by atoms with E-state index in [9.17, 15) is 4.79 Å². The number of hydrogen-bond donors (Lipinski definition) is 2. The summed E-state index contributed by atoms with van der Waals surface area (Å²) in [6.07, 6.45) is 0. The molecule has 0 saturated carbocycles. The molecule has 1 aromatic carbocycles. The van der Waals surface area contributed by atoms with Gasteiger partial charge in [-0.3, -0.25) is 4.79 Å². The lowest BCUT2D eigenvalue weighted by atomic mass is 10.1. The summed E-state index contributed by atoms with van der Waals surface area (Å²) in [5.41, 5.74) is 1.65. The number of halogens is 1. The van der Waals surface area contributed by atoms with Gasteiger partial charge in [0.05, 0.1) is 10.7 Å². The van der Waals surface area contributed by atoms with E-state index < -0.39 is 0 Å². The summed E-state index contributed by atoms with van der Waals surface area (Å²) in [6.45, 7) is 2.52. The predicted molar refractivity (Wildman–Crippen MR) is 77.5 cm³/mol. The number of anilines is 2. The second kappa shape index (κ2) is 6.61. The van der Waals surface area contributed by atoms with Crippen molar-refractivity contribution in [3.05, 3.63) is 23.2 Å². The third kappa shape index (κ3) is 3.89. The topological polar surface area (TPSA) is 44.4 Å². The Kier molecular flexibility index (Phi) is 5.44. The molecule has 0 spiro atoms. The summed E-state index contributed by atoms with van der Waals surface area (Å²) in [5, 5.41) is 6.45. The molecule has 1 unspecified atom stereocenters. The highest BCUT2D eigenvalue weighted by Gasteiger charge is 2.12. The van der Waals surface area contributed by atoms with Gasteiger partial charge in [0.1, 0.15) is 0 Å². The van der Waals surface area contributed by atoms with Crippen LogP contribution in [0.15, 0.2) is 18.2 Å². The van der Waals surface area contributed by atoms with Gasteiger partial charge < -0.3 is 15.5 Å². The molecule has 0 aliphatic carbocycles. The Morgan fingerprint density at radius 2 is 2.11 bits per heavy atom. The minimum absolute atomic E-state index is 0.0157. The van der Waals surface area contributed by atoms with Gasteiger partial charge in [0.15, 0.2) is 0 Å². The van der Waals surface area contributed by atoms with Gasteiger partial charge in [0.2, 0.25) is 5.91 Å². The molecule has 1 amide bonds. The summed E-state index contributed by atoms with van der Waals surface area (Å²) in [5.74, 6) is -0.0969. The van der Waals surface area contributed by atoms with Crippen LogP contribution in [0.25, 0.3) is 0 Å². The van der Waals surface area contributed by atoms with Gasteiger partial charge in [-0.1, -0.05) is 18.5 Å². The van der Waals surface area contributed by atoms with Crippen molar-refractivity contribution >= 4 is 28.9 Å². The van der Waals surface area contributed by atoms with Gasteiger partial charge in [0, 0.05) is 32.2 Å². The molecule has 2 N–H and O–H groups in total. The van der Waals surface area contributed by atoms with Crippen molar-refractivity contribution in [1.82, 2.24) is 5.32 Å². The number of nitrogens with zero attached hydrogens (tertiary/aromatic N) is 1. The molecule has 18 heavy (non-hydrogen) atoms. The van der Waals surface area contributed by atoms with Crippen molar-refractivity contribution in [3.8, 4) is 0 Å². The minimum Gasteiger partial charge on any atom is -0.376 e. The van der Waals surface area contributed by atoms with Crippen LogP contribution in [0, 0.1) is 5.92 Å². The van der Waals surface area contributed by atoms with Gasteiger partial charge in [0.25, 0.3) is 0 Å². The van der Waals surface area contributed by atoms with Crippen molar-refractivity contribution in [2.75, 3.05) is 37.9 Å². The molecule has 0 heterocycles. The van der Waals surface area contributed by atoms with Crippen molar-refractivity contribution in [1.29, 1.82) is 0 Å². The van der Waals surface area contributed by atoms with Crippen LogP contribution in [0.1, 0.15) is 6.92 Å². The van der Waals surface area contributed by atoms with Crippen LogP contribution in [-0.4, -0.2) is 33.6 Å². The Bertz CT molecular complexity index is 421. The molecule has 100 valence electrons. The second-order valence-electron chi connectivity index (χ2n) is 4.51. The first kappa shape index (κ1) is 14.8. The van der Waals surface area contributed by atoms with Crippen molar-refractivity contribution in [2.45, 2.75) is 6.92 Å². The molecule has 5 heteroatoms. The van der Waals surface area contributed by atoms with E-state index >= 15 is 0 Å². The Morgan fingerprint density at radius 3 is 2.61 bits per heavy atom. The molecule has 0 bridgehead atoms. The summed E-state index contributed by atoms with van der Waals surface area (Å²) >= 11 is 6.14. The van der Waals surface area contributed by atoms with E-state index in [2.05, 4.69) is 10.6 Å². The molecule has 0 aliphatic heterocycles. The molecule has 0 saturated heterocycles. The highest BCUT2D eigenvalue weighted by atomic mass is 35.5. The maximum Gasteiger partial charge on any atom is 0.228 e. The van der Waals surface area contributed by atoms with E-state index in [4.69, 9.17) is 11.6 Å². The predicted octanol–water partition coefficient (Wildman–Crippen LogP) is 2.20. The van der Waals surface area contributed by atoms with E-state index in [1.54, 1.807) is 6.07 Å². The number of carbonyl (C=O) groups is 1. The lowest BCUT2D eigenvalue weighted by molar-refractivity contribution is -0.119. The fraction of sp³-hybridized carbons (Fsp3) is 0.462. The van der Waals surface area contributed by atoms with Gasteiger partial charge in [-0.15, -0.1) is 0 Å². The number of amides is 1. The fourth-order valence-corrected chi connectivity index (χ4v) is 1.96. The molecule has 1 aromatic rings. The molecular weight excluding hydrogens is 250 g/mol. The summed E-state index contributed by atoms with van der Waals surface area (Å²) in [7, 11) is 5.68. The highest BCUT2D eigenvalue weighted by molar-refractivity contribution is 6.33. The van der Waals surface area contributed by atoms with Gasteiger partial charge in [-0.2, -0.15) is 0 Å². The largest absolute Gasteiger partial charge is 0.376 e. The zero-order chi connectivity index (χ0) is 13.7. The van der Waals surface area contributed by atoms with Crippen molar-refractivity contribution in [2.24, 2.45) is 5.92 Å². The standard InChI is InChI=1S/C13H20ClN3O/c1-9(8-15-2)13(18)16-10-5-6-12(17(3)4)11(14)7-10/h5-7,9,15H,8H2,1-4H3,(H,16,18). The number of hydrogen-bond acceptors (Lipinski definition) is 3. The van der Waals surface area contributed by atoms with Crippen LogP contribution >= 0.6 is 11.6 Å². The monoisotopic (exact) mass is 269 g/mol. The van der Waals surface area contributed by atoms with Gasteiger partial charge in [-0.05, 0) is 25.2 Å². The summed E-state index contributed by atoms with van der Waals surface area (Å²) in [6, 6.07) is 5.51. The molecule has 0 radical (unpaired) electrons. The normalized spacial score (nSPS) is 12.1. The van der Waals surface area contributed by atoms with E-state index in [0.717, 1.165) is 11.4 Å². The molecule has 1 atom stereocenters.